The van der Waals surface area contributed by atoms with Gasteiger partial charge < -0.3 is 14.8 Å². The number of methoxy groups -OCH3 is 1. The summed E-state index contributed by atoms with van der Waals surface area (Å²) in [5, 5.41) is 2.59. The Hall–Kier alpha value is -3.23. The zero-order valence-electron chi connectivity index (χ0n) is 13.3. The zero-order valence-corrected chi connectivity index (χ0v) is 13.3. The molecule has 2 aromatic rings. The van der Waals surface area contributed by atoms with E-state index in [0.29, 0.717) is 11.5 Å². The summed E-state index contributed by atoms with van der Waals surface area (Å²) in [4.78, 5) is 37.2. The predicted molar refractivity (Wildman–Crippen MR) is 83.0 cm³/mol. The Morgan fingerprint density at radius 1 is 1.12 bits per heavy atom. The Labute approximate surface area is 137 Å². The van der Waals surface area contributed by atoms with E-state index in [9.17, 15) is 9.59 Å². The molecule has 0 bridgehead atoms. The highest BCUT2D eigenvalue weighted by molar-refractivity contribution is 6.22. The van der Waals surface area contributed by atoms with Gasteiger partial charge in [-0.2, -0.15) is 0 Å². The number of amides is 3. The Bertz CT molecular complexity index is 808. The first kappa shape index (κ1) is 15.7. The predicted octanol–water partition coefficient (Wildman–Crippen LogP) is 1.51. The quantitative estimate of drug-likeness (QED) is 0.847. The maximum atomic E-state index is 12.3. The molecule has 1 fully saturated rings. The molecule has 9 nitrogen and oxygen atoms in total. The summed E-state index contributed by atoms with van der Waals surface area (Å²) < 4.78 is 10.6. The fraction of sp³-hybridized carbons (Fsp3) is 0.267. The Kier molecular flexibility index (Phi) is 3.76. The van der Waals surface area contributed by atoms with E-state index in [0.717, 1.165) is 4.90 Å². The van der Waals surface area contributed by atoms with Gasteiger partial charge in [0.1, 0.15) is 17.6 Å². The average Bonchev–Trinajstić information content (AvgIpc) is 2.75. The largest absolute Gasteiger partial charge is 0.495 e. The molecule has 3 heterocycles. The van der Waals surface area contributed by atoms with Crippen LogP contribution in [0.4, 0.5) is 10.6 Å². The van der Waals surface area contributed by atoms with Crippen LogP contribution in [0.25, 0.3) is 0 Å². The van der Waals surface area contributed by atoms with Crippen LogP contribution in [0.15, 0.2) is 30.9 Å². The number of pyridine rings is 1. The Morgan fingerprint density at radius 3 is 2.54 bits per heavy atom. The maximum absolute atomic E-state index is 12.3. The van der Waals surface area contributed by atoms with Gasteiger partial charge >= 0.3 is 6.03 Å². The fourth-order valence-corrected chi connectivity index (χ4v) is 2.15. The molecule has 9 heteroatoms. The molecule has 0 radical (unpaired) electrons. The van der Waals surface area contributed by atoms with Crippen molar-refractivity contribution in [1.29, 1.82) is 0 Å². The first-order valence-corrected chi connectivity index (χ1v) is 7.06. The first-order valence-electron chi connectivity index (χ1n) is 7.06. The number of rotatable bonds is 4. The van der Waals surface area contributed by atoms with Crippen LogP contribution in [0.2, 0.25) is 0 Å². The van der Waals surface area contributed by atoms with Crippen molar-refractivity contribution in [1.82, 2.24) is 20.3 Å². The standard InChI is InChI=1S/C15H15N5O4/c1-15(2)13(21)20(14(22)19-15)11-5-12(18-8-17-11)24-10-4-9(23-3)6-16-7-10/h4-8H,1-3H3,(H,19,22). The van der Waals surface area contributed by atoms with Crippen molar-refractivity contribution < 1.29 is 19.1 Å². The lowest BCUT2D eigenvalue weighted by Gasteiger charge is -2.15. The maximum Gasteiger partial charge on any atom is 0.330 e. The number of aromatic nitrogens is 3. The van der Waals surface area contributed by atoms with Crippen LogP contribution in [0.1, 0.15) is 13.8 Å². The van der Waals surface area contributed by atoms with Gasteiger partial charge in [0.2, 0.25) is 5.88 Å². The third-order valence-electron chi connectivity index (χ3n) is 3.36. The molecule has 24 heavy (non-hydrogen) atoms. The summed E-state index contributed by atoms with van der Waals surface area (Å²) in [5.74, 6) is 0.818. The molecule has 0 aromatic carbocycles. The number of imide groups is 1. The number of carbonyl (C=O) groups is 2. The summed E-state index contributed by atoms with van der Waals surface area (Å²) in [5.41, 5.74) is -0.986. The highest BCUT2D eigenvalue weighted by Crippen LogP contribution is 2.27. The summed E-state index contributed by atoms with van der Waals surface area (Å²) in [6.07, 6.45) is 4.23. The van der Waals surface area contributed by atoms with E-state index >= 15 is 0 Å². The summed E-state index contributed by atoms with van der Waals surface area (Å²) in [6.45, 7) is 3.24. The van der Waals surface area contributed by atoms with Gasteiger partial charge in [-0.05, 0) is 13.8 Å². The third kappa shape index (κ3) is 2.83. The van der Waals surface area contributed by atoms with Crippen LogP contribution in [-0.4, -0.2) is 39.5 Å². The molecule has 3 amide bonds. The van der Waals surface area contributed by atoms with E-state index in [4.69, 9.17) is 9.47 Å². The molecule has 2 aromatic heterocycles. The minimum absolute atomic E-state index is 0.129. The van der Waals surface area contributed by atoms with Gasteiger partial charge in [-0.1, -0.05) is 0 Å². The lowest BCUT2D eigenvalue weighted by atomic mass is 10.1. The number of hydrogen-bond acceptors (Lipinski definition) is 7. The number of nitrogens with zero attached hydrogens (tertiary/aromatic N) is 4. The first-order chi connectivity index (χ1) is 11.4. The lowest BCUT2D eigenvalue weighted by Crippen LogP contribution is -2.40. The van der Waals surface area contributed by atoms with E-state index in [2.05, 4.69) is 20.3 Å². The smallest absolute Gasteiger partial charge is 0.330 e. The number of ether oxygens (including phenoxy) is 2. The second-order valence-corrected chi connectivity index (χ2v) is 5.57. The van der Waals surface area contributed by atoms with Gasteiger partial charge in [-0.15, -0.1) is 0 Å². The molecule has 0 saturated carbocycles. The summed E-state index contributed by atoms with van der Waals surface area (Å²) in [6, 6.07) is 2.49. The van der Waals surface area contributed by atoms with Crippen molar-refractivity contribution in [2.24, 2.45) is 0 Å². The monoisotopic (exact) mass is 329 g/mol. The molecule has 3 rings (SSSR count). The van der Waals surface area contributed by atoms with E-state index in [1.54, 1.807) is 19.9 Å². The molecule has 0 unspecified atom stereocenters. The molecule has 0 spiro atoms. The number of carbonyl (C=O) groups excluding carboxylic acids is 2. The molecule has 1 N–H and O–H groups in total. The highest BCUT2D eigenvalue weighted by atomic mass is 16.5. The average molecular weight is 329 g/mol. The van der Waals surface area contributed by atoms with Gasteiger partial charge in [0.05, 0.1) is 19.5 Å². The molecule has 124 valence electrons. The molecule has 1 aliphatic rings. The lowest BCUT2D eigenvalue weighted by molar-refractivity contribution is -0.121. The van der Waals surface area contributed by atoms with Crippen molar-refractivity contribution >= 4 is 17.8 Å². The molecule has 1 saturated heterocycles. The Balaban J connectivity index is 1.87. The highest BCUT2D eigenvalue weighted by Gasteiger charge is 2.45. The molecule has 1 aliphatic heterocycles. The SMILES string of the molecule is COc1cncc(Oc2cc(N3C(=O)NC(C)(C)C3=O)ncn2)c1. The van der Waals surface area contributed by atoms with Gasteiger partial charge in [0.15, 0.2) is 11.6 Å². The third-order valence-corrected chi connectivity index (χ3v) is 3.36. The van der Waals surface area contributed by atoms with Gasteiger partial charge in [0.25, 0.3) is 5.91 Å². The van der Waals surface area contributed by atoms with Gasteiger partial charge in [0, 0.05) is 12.1 Å². The summed E-state index contributed by atoms with van der Waals surface area (Å²) >= 11 is 0. The van der Waals surface area contributed by atoms with Gasteiger partial charge in [-0.3, -0.25) is 9.78 Å². The van der Waals surface area contributed by atoms with Crippen LogP contribution in [-0.2, 0) is 4.79 Å². The van der Waals surface area contributed by atoms with Crippen LogP contribution < -0.4 is 19.7 Å². The van der Waals surface area contributed by atoms with Crippen LogP contribution in [0, 0.1) is 0 Å². The van der Waals surface area contributed by atoms with E-state index < -0.39 is 17.5 Å². The van der Waals surface area contributed by atoms with E-state index in [1.165, 1.54) is 31.9 Å². The molecular weight excluding hydrogens is 314 g/mol. The number of nitrogens with one attached hydrogen (secondary N) is 1. The normalized spacial score (nSPS) is 16.0. The second-order valence-electron chi connectivity index (χ2n) is 5.57. The van der Waals surface area contributed by atoms with Crippen LogP contribution in [0.5, 0.6) is 17.4 Å². The van der Waals surface area contributed by atoms with Crippen molar-refractivity contribution in [3.63, 3.8) is 0 Å². The number of anilines is 1. The van der Waals surface area contributed by atoms with Gasteiger partial charge in [-0.25, -0.2) is 19.7 Å². The Morgan fingerprint density at radius 2 is 1.88 bits per heavy atom. The molecular formula is C15H15N5O4. The minimum Gasteiger partial charge on any atom is -0.495 e. The minimum atomic E-state index is -0.986. The van der Waals surface area contributed by atoms with Crippen molar-refractivity contribution in [3.8, 4) is 17.4 Å². The fourth-order valence-electron chi connectivity index (χ4n) is 2.15. The zero-order chi connectivity index (χ0) is 17.3. The van der Waals surface area contributed by atoms with E-state index in [-0.39, 0.29) is 11.7 Å². The molecule has 0 atom stereocenters. The van der Waals surface area contributed by atoms with Crippen LogP contribution in [0.3, 0.4) is 0 Å². The van der Waals surface area contributed by atoms with Crippen molar-refractivity contribution in [3.05, 3.63) is 30.9 Å². The number of hydrogen-bond donors (Lipinski definition) is 1. The topological polar surface area (TPSA) is 107 Å². The summed E-state index contributed by atoms with van der Waals surface area (Å²) in [7, 11) is 1.52. The van der Waals surface area contributed by atoms with Crippen molar-refractivity contribution in [2.75, 3.05) is 12.0 Å². The number of urea groups is 1. The van der Waals surface area contributed by atoms with Crippen molar-refractivity contribution in [2.45, 2.75) is 19.4 Å². The van der Waals surface area contributed by atoms with E-state index in [1.807, 2.05) is 0 Å². The molecule has 0 aliphatic carbocycles. The second kappa shape index (κ2) is 5.76. The van der Waals surface area contributed by atoms with Crippen LogP contribution >= 0.6 is 0 Å².